The molecule has 1 saturated carbocycles. The molecule has 1 saturated heterocycles. The molecule has 0 N–H and O–H groups in total. The van der Waals surface area contributed by atoms with E-state index < -0.39 is 0 Å². The molecule has 2 aliphatic rings. The lowest BCUT2D eigenvalue weighted by atomic mass is 10.0. The maximum atomic E-state index is 13.0. The fraction of sp³-hybridized carbons (Fsp3) is 0.571. The van der Waals surface area contributed by atoms with Crippen LogP contribution in [0.3, 0.4) is 0 Å². The summed E-state index contributed by atoms with van der Waals surface area (Å²) in [4.78, 5) is 2.52. The van der Waals surface area contributed by atoms with E-state index in [0.29, 0.717) is 0 Å². The van der Waals surface area contributed by atoms with Gasteiger partial charge in [-0.05, 0) is 42.4 Å². The molecule has 1 heterocycles. The van der Waals surface area contributed by atoms with E-state index in [1.165, 1.54) is 37.9 Å². The van der Waals surface area contributed by atoms with Crippen molar-refractivity contribution in [3.8, 4) is 0 Å². The highest BCUT2D eigenvalue weighted by molar-refractivity contribution is 9.10. The van der Waals surface area contributed by atoms with Gasteiger partial charge in [0.15, 0.2) is 0 Å². The molecule has 2 atom stereocenters. The first kappa shape index (κ1) is 11.7. The molecule has 1 nitrogen and oxygen atoms in total. The third-order valence-electron chi connectivity index (χ3n) is 4.21. The minimum Gasteiger partial charge on any atom is -0.298 e. The first-order valence-corrected chi connectivity index (χ1v) is 7.18. The summed E-state index contributed by atoms with van der Waals surface area (Å²) < 4.78 is 13.9. The predicted molar refractivity (Wildman–Crippen MR) is 70.2 cm³/mol. The number of hydrogen-bond donors (Lipinski definition) is 0. The molecule has 0 amide bonds. The summed E-state index contributed by atoms with van der Waals surface area (Å²) in [6.45, 7) is 3.41. The van der Waals surface area contributed by atoms with Gasteiger partial charge in [-0.3, -0.25) is 4.90 Å². The lowest BCUT2D eigenvalue weighted by Gasteiger charge is -2.17. The molecular formula is C14H17BrFN. The molecular weight excluding hydrogens is 281 g/mol. The van der Waals surface area contributed by atoms with Crippen LogP contribution < -0.4 is 0 Å². The predicted octanol–water partition coefficient (Wildman–Crippen LogP) is 3.82. The Kier molecular flexibility index (Phi) is 3.22. The van der Waals surface area contributed by atoms with Gasteiger partial charge < -0.3 is 0 Å². The van der Waals surface area contributed by atoms with E-state index in [2.05, 4.69) is 20.8 Å². The first-order chi connectivity index (χ1) is 8.22. The van der Waals surface area contributed by atoms with Crippen LogP contribution in [-0.2, 0) is 6.54 Å². The van der Waals surface area contributed by atoms with Gasteiger partial charge in [0.05, 0.1) is 0 Å². The molecule has 92 valence electrons. The van der Waals surface area contributed by atoms with E-state index in [-0.39, 0.29) is 5.82 Å². The van der Waals surface area contributed by atoms with Gasteiger partial charge in [-0.15, -0.1) is 0 Å². The number of fused-ring (bicyclic) bond motifs is 1. The number of hydrogen-bond acceptors (Lipinski definition) is 1. The highest BCUT2D eigenvalue weighted by Crippen LogP contribution is 2.38. The SMILES string of the molecule is Fc1ccc(CN2CC3CCCC3C2)c(Br)c1. The largest absolute Gasteiger partial charge is 0.298 e. The smallest absolute Gasteiger partial charge is 0.124 e. The molecule has 3 heteroatoms. The van der Waals surface area contributed by atoms with Crippen LogP contribution in [-0.4, -0.2) is 18.0 Å². The van der Waals surface area contributed by atoms with Gasteiger partial charge >= 0.3 is 0 Å². The number of rotatable bonds is 2. The van der Waals surface area contributed by atoms with Crippen molar-refractivity contribution in [2.75, 3.05) is 13.1 Å². The van der Waals surface area contributed by atoms with Crippen molar-refractivity contribution in [3.05, 3.63) is 34.1 Å². The number of nitrogens with zero attached hydrogens (tertiary/aromatic N) is 1. The average Bonchev–Trinajstić information content (AvgIpc) is 2.82. The Hall–Kier alpha value is -0.410. The minimum atomic E-state index is -0.168. The topological polar surface area (TPSA) is 3.24 Å². The molecule has 1 aliphatic heterocycles. The number of likely N-dealkylation sites (tertiary alicyclic amines) is 1. The van der Waals surface area contributed by atoms with Crippen LogP contribution in [0.2, 0.25) is 0 Å². The molecule has 0 radical (unpaired) electrons. The fourth-order valence-electron chi connectivity index (χ4n) is 3.35. The standard InChI is InChI=1S/C14H17BrFN/c15-14-6-13(16)5-4-12(14)9-17-7-10-2-1-3-11(10)8-17/h4-6,10-11H,1-3,7-9H2. The summed E-state index contributed by atoms with van der Waals surface area (Å²) in [5.41, 5.74) is 1.20. The van der Waals surface area contributed by atoms with Crippen LogP contribution in [0.1, 0.15) is 24.8 Å². The van der Waals surface area contributed by atoms with E-state index >= 15 is 0 Å². The average molecular weight is 298 g/mol. The molecule has 2 fully saturated rings. The number of halogens is 2. The molecule has 3 rings (SSSR count). The van der Waals surface area contributed by atoms with Crippen molar-refractivity contribution < 1.29 is 4.39 Å². The normalized spacial score (nSPS) is 28.6. The van der Waals surface area contributed by atoms with Gasteiger partial charge in [-0.1, -0.05) is 28.4 Å². The van der Waals surface area contributed by atoms with Crippen LogP contribution in [0.4, 0.5) is 4.39 Å². The van der Waals surface area contributed by atoms with Crippen molar-refractivity contribution in [1.82, 2.24) is 4.90 Å². The van der Waals surface area contributed by atoms with Gasteiger partial charge in [0.1, 0.15) is 5.82 Å². The van der Waals surface area contributed by atoms with Crippen molar-refractivity contribution in [2.45, 2.75) is 25.8 Å². The lowest BCUT2D eigenvalue weighted by molar-refractivity contribution is 0.303. The van der Waals surface area contributed by atoms with E-state index in [1.807, 2.05) is 6.07 Å². The Labute approximate surface area is 110 Å². The van der Waals surface area contributed by atoms with E-state index in [1.54, 1.807) is 12.1 Å². The highest BCUT2D eigenvalue weighted by atomic mass is 79.9. The third kappa shape index (κ3) is 2.41. The Bertz CT molecular complexity index is 409. The van der Waals surface area contributed by atoms with Crippen molar-refractivity contribution >= 4 is 15.9 Å². The summed E-state index contributed by atoms with van der Waals surface area (Å²) in [6.07, 6.45) is 4.24. The van der Waals surface area contributed by atoms with Gasteiger partial charge in [0, 0.05) is 24.1 Å². The highest BCUT2D eigenvalue weighted by Gasteiger charge is 2.35. The maximum Gasteiger partial charge on any atom is 0.124 e. The first-order valence-electron chi connectivity index (χ1n) is 6.38. The molecule has 17 heavy (non-hydrogen) atoms. The second-order valence-electron chi connectivity index (χ2n) is 5.38. The van der Waals surface area contributed by atoms with Gasteiger partial charge in [0.25, 0.3) is 0 Å². The molecule has 0 aromatic heterocycles. The van der Waals surface area contributed by atoms with E-state index in [9.17, 15) is 4.39 Å². The summed E-state index contributed by atoms with van der Waals surface area (Å²) in [5.74, 6) is 1.68. The summed E-state index contributed by atoms with van der Waals surface area (Å²) in [7, 11) is 0. The zero-order valence-corrected chi connectivity index (χ0v) is 11.4. The van der Waals surface area contributed by atoms with Gasteiger partial charge in [-0.2, -0.15) is 0 Å². The summed E-state index contributed by atoms with van der Waals surface area (Å²) in [6, 6.07) is 5.01. The van der Waals surface area contributed by atoms with Crippen LogP contribution >= 0.6 is 15.9 Å². The molecule has 2 unspecified atom stereocenters. The Morgan fingerprint density at radius 3 is 2.59 bits per heavy atom. The maximum absolute atomic E-state index is 13.0. The molecule has 0 bridgehead atoms. The Balaban J connectivity index is 1.67. The minimum absolute atomic E-state index is 0.168. The van der Waals surface area contributed by atoms with E-state index in [0.717, 1.165) is 22.9 Å². The number of benzene rings is 1. The molecule has 1 aromatic carbocycles. The molecule has 0 spiro atoms. The lowest BCUT2D eigenvalue weighted by Crippen LogP contribution is -2.21. The van der Waals surface area contributed by atoms with E-state index in [4.69, 9.17) is 0 Å². The second kappa shape index (κ2) is 4.69. The quantitative estimate of drug-likeness (QED) is 0.802. The monoisotopic (exact) mass is 297 g/mol. The zero-order valence-electron chi connectivity index (χ0n) is 9.83. The third-order valence-corrected chi connectivity index (χ3v) is 4.95. The second-order valence-corrected chi connectivity index (χ2v) is 6.24. The van der Waals surface area contributed by atoms with Crippen molar-refractivity contribution in [2.24, 2.45) is 11.8 Å². The molecule has 1 aromatic rings. The van der Waals surface area contributed by atoms with Crippen LogP contribution in [0.5, 0.6) is 0 Å². The van der Waals surface area contributed by atoms with Crippen LogP contribution in [0.15, 0.2) is 22.7 Å². The van der Waals surface area contributed by atoms with Crippen LogP contribution in [0.25, 0.3) is 0 Å². The summed E-state index contributed by atoms with van der Waals surface area (Å²) >= 11 is 3.45. The van der Waals surface area contributed by atoms with Gasteiger partial charge in [-0.25, -0.2) is 4.39 Å². The summed E-state index contributed by atoms with van der Waals surface area (Å²) in [5, 5.41) is 0. The zero-order chi connectivity index (χ0) is 11.8. The molecule has 1 aliphatic carbocycles. The van der Waals surface area contributed by atoms with Crippen molar-refractivity contribution in [3.63, 3.8) is 0 Å². The Morgan fingerprint density at radius 2 is 1.94 bits per heavy atom. The van der Waals surface area contributed by atoms with Crippen molar-refractivity contribution in [1.29, 1.82) is 0 Å². The Morgan fingerprint density at radius 1 is 1.24 bits per heavy atom. The fourth-order valence-corrected chi connectivity index (χ4v) is 3.83. The van der Waals surface area contributed by atoms with Crippen LogP contribution in [0, 0.1) is 17.7 Å². The van der Waals surface area contributed by atoms with Gasteiger partial charge in [0.2, 0.25) is 0 Å².